The molecule has 2 bridgehead atoms. The van der Waals surface area contributed by atoms with E-state index in [0.717, 1.165) is 37.3 Å². The van der Waals surface area contributed by atoms with Crippen LogP contribution in [0.4, 0.5) is 0 Å². The molecule has 0 amide bonds. The minimum atomic E-state index is -1.64. The lowest BCUT2D eigenvalue weighted by Gasteiger charge is -2.57. The third kappa shape index (κ3) is 3.34. The van der Waals surface area contributed by atoms with Gasteiger partial charge < -0.3 is 39.6 Å². The van der Waals surface area contributed by atoms with Crippen molar-refractivity contribution in [2.45, 2.75) is 61.6 Å². The molecule has 1 aromatic rings. The Kier molecular flexibility index (Phi) is 6.30. The van der Waals surface area contributed by atoms with E-state index < -0.39 is 24.9 Å². The van der Waals surface area contributed by atoms with E-state index in [-0.39, 0.29) is 23.6 Å². The first-order valence-electron chi connectivity index (χ1n) is 11.0. The topological polar surface area (TPSA) is 137 Å². The monoisotopic (exact) mass is 449 g/mol. The highest BCUT2D eigenvalue weighted by atomic mass is 16.5. The van der Waals surface area contributed by atoms with Crippen molar-refractivity contribution in [3.05, 3.63) is 23.3 Å². The Bertz CT molecular complexity index is 891. The standard InChI is InChI=1S/C18H21NO3.C5H10O5/c1-19-8-7-18-11-4-5-13(20)17(18)22-16-14(21-2)6-3-10(15(16)18)9-12(11)19;6-1-3(8)5(10)4(9)2-7/h3,6,11-12,17H,4-5,7-9H2,1-2H3;1,3-5,7-10H,2H2/t11-,12+,17-,18-;3-,4+,5-/m00/s1. The molecule has 5 rings (SSSR count). The average molecular weight is 450 g/mol. The van der Waals surface area contributed by atoms with Crippen LogP contribution >= 0.6 is 0 Å². The number of hydrogen-bond acceptors (Lipinski definition) is 9. The molecule has 2 fully saturated rings. The van der Waals surface area contributed by atoms with Gasteiger partial charge in [0.2, 0.25) is 0 Å². The number of likely N-dealkylation sites (tertiary alicyclic amines) is 1. The molecule has 1 spiro atoms. The number of piperidine rings is 1. The second kappa shape index (κ2) is 8.72. The summed E-state index contributed by atoms with van der Waals surface area (Å²) in [7, 11) is 3.91. The van der Waals surface area contributed by atoms with Gasteiger partial charge in [0.05, 0.1) is 13.7 Å². The van der Waals surface area contributed by atoms with E-state index in [1.807, 2.05) is 6.07 Å². The second-order valence-electron chi connectivity index (χ2n) is 9.15. The molecule has 9 nitrogen and oxygen atoms in total. The summed E-state index contributed by atoms with van der Waals surface area (Å²) < 4.78 is 11.8. The Labute approximate surface area is 186 Å². The van der Waals surface area contributed by atoms with Crippen LogP contribution in [0, 0.1) is 5.92 Å². The Hall–Kier alpha value is -2.04. The van der Waals surface area contributed by atoms with E-state index >= 15 is 0 Å². The fourth-order valence-corrected chi connectivity index (χ4v) is 6.09. The highest BCUT2D eigenvalue weighted by Gasteiger charge is 2.65. The quantitative estimate of drug-likeness (QED) is 0.426. The van der Waals surface area contributed by atoms with Crippen LogP contribution in [0.5, 0.6) is 11.5 Å². The SMILES string of the molecule is COc1ccc2c3c1O[C@H]1C(=O)CC[C@H]4[C@@H](C2)N(C)CC[C@]314.O=C[C@H](O)[C@H](O)[C@H](O)CO. The molecule has 4 aliphatic rings. The number of ether oxygens (including phenoxy) is 2. The molecule has 1 saturated heterocycles. The van der Waals surface area contributed by atoms with Gasteiger partial charge >= 0.3 is 0 Å². The fraction of sp³-hybridized carbons (Fsp3) is 0.652. The normalized spacial score (nSPS) is 32.6. The highest BCUT2D eigenvalue weighted by Crippen LogP contribution is 2.63. The van der Waals surface area contributed by atoms with Crippen molar-refractivity contribution in [2.75, 3.05) is 27.3 Å². The van der Waals surface area contributed by atoms with Crippen molar-refractivity contribution in [1.82, 2.24) is 4.90 Å². The number of carbonyl (C=O) groups is 2. The number of carbonyl (C=O) groups excluding carboxylic acids is 2. The number of aliphatic hydroxyl groups is 4. The van der Waals surface area contributed by atoms with Crippen molar-refractivity contribution in [3.63, 3.8) is 0 Å². The predicted molar refractivity (Wildman–Crippen MR) is 113 cm³/mol. The molecule has 1 saturated carbocycles. The van der Waals surface area contributed by atoms with Crippen LogP contribution in [-0.4, -0.2) is 95.2 Å². The number of ketones is 1. The van der Waals surface area contributed by atoms with Gasteiger partial charge in [-0.2, -0.15) is 0 Å². The van der Waals surface area contributed by atoms with Crippen LogP contribution in [-0.2, 0) is 21.4 Å². The molecular weight excluding hydrogens is 418 g/mol. The lowest BCUT2D eigenvalue weighted by Crippen LogP contribution is -2.65. The fourth-order valence-electron chi connectivity index (χ4n) is 6.09. The highest BCUT2D eigenvalue weighted by molar-refractivity contribution is 5.89. The summed E-state index contributed by atoms with van der Waals surface area (Å²) in [6.07, 6.45) is -1.16. The van der Waals surface area contributed by atoms with Gasteiger partial charge in [0.25, 0.3) is 0 Å². The Balaban J connectivity index is 0.000000211. The van der Waals surface area contributed by atoms with Gasteiger partial charge in [-0.05, 0) is 50.4 Å². The van der Waals surface area contributed by atoms with Crippen molar-refractivity contribution < 1.29 is 39.5 Å². The second-order valence-corrected chi connectivity index (χ2v) is 9.15. The van der Waals surface area contributed by atoms with Gasteiger partial charge in [-0.25, -0.2) is 0 Å². The summed E-state index contributed by atoms with van der Waals surface area (Å²) in [5.74, 6) is 2.46. The number of benzene rings is 1. The predicted octanol–water partition coefficient (Wildman–Crippen LogP) is -0.806. The number of aliphatic hydroxyl groups excluding tert-OH is 4. The van der Waals surface area contributed by atoms with Gasteiger partial charge in [0.1, 0.15) is 18.3 Å². The number of likely N-dealkylation sites (N-methyl/N-ethyl adjacent to an activating group) is 1. The largest absolute Gasteiger partial charge is 0.493 e. The zero-order valence-electron chi connectivity index (χ0n) is 18.3. The van der Waals surface area contributed by atoms with E-state index in [9.17, 15) is 9.59 Å². The van der Waals surface area contributed by atoms with Crippen molar-refractivity contribution in [1.29, 1.82) is 0 Å². The summed E-state index contributed by atoms with van der Waals surface area (Å²) in [4.78, 5) is 24.9. The van der Waals surface area contributed by atoms with E-state index in [4.69, 9.17) is 29.9 Å². The zero-order valence-corrected chi connectivity index (χ0v) is 18.3. The molecule has 32 heavy (non-hydrogen) atoms. The number of methoxy groups -OCH3 is 1. The van der Waals surface area contributed by atoms with Gasteiger partial charge in [0.15, 0.2) is 29.7 Å². The maximum Gasteiger partial charge on any atom is 0.174 e. The minimum Gasteiger partial charge on any atom is -0.493 e. The van der Waals surface area contributed by atoms with E-state index in [2.05, 4.69) is 18.0 Å². The van der Waals surface area contributed by atoms with Gasteiger partial charge in [-0.3, -0.25) is 4.79 Å². The molecule has 0 radical (unpaired) electrons. The zero-order chi connectivity index (χ0) is 23.2. The molecule has 176 valence electrons. The summed E-state index contributed by atoms with van der Waals surface area (Å²) in [5, 5.41) is 34.1. The Morgan fingerprint density at radius 3 is 2.75 bits per heavy atom. The molecule has 0 unspecified atom stereocenters. The van der Waals surface area contributed by atoms with Gasteiger partial charge in [-0.15, -0.1) is 0 Å². The lowest BCUT2D eigenvalue weighted by molar-refractivity contribution is -0.138. The summed E-state index contributed by atoms with van der Waals surface area (Å²) in [6, 6.07) is 4.73. The smallest absolute Gasteiger partial charge is 0.174 e. The van der Waals surface area contributed by atoms with E-state index in [0.29, 0.717) is 18.4 Å². The average Bonchev–Trinajstić information content (AvgIpc) is 3.17. The summed E-state index contributed by atoms with van der Waals surface area (Å²) >= 11 is 0. The van der Waals surface area contributed by atoms with Crippen molar-refractivity contribution in [3.8, 4) is 11.5 Å². The molecule has 7 atom stereocenters. The molecule has 2 aliphatic heterocycles. The number of hydrogen-bond donors (Lipinski definition) is 4. The molecule has 2 aliphatic carbocycles. The third-order valence-electron chi connectivity index (χ3n) is 7.66. The minimum absolute atomic E-state index is 0.0869. The Morgan fingerprint density at radius 1 is 1.34 bits per heavy atom. The van der Waals surface area contributed by atoms with Crippen LogP contribution in [0.3, 0.4) is 0 Å². The van der Waals surface area contributed by atoms with Crippen LogP contribution in [0.15, 0.2) is 12.1 Å². The number of Topliss-reactive ketones (excluding diaryl/α,β-unsaturated/α-hetero) is 1. The molecule has 9 heteroatoms. The molecule has 1 aromatic carbocycles. The molecule has 0 aromatic heterocycles. The first kappa shape index (κ1) is 23.1. The van der Waals surface area contributed by atoms with Gasteiger partial charge in [-0.1, -0.05) is 6.07 Å². The maximum atomic E-state index is 12.6. The first-order valence-corrected chi connectivity index (χ1v) is 11.0. The van der Waals surface area contributed by atoms with Crippen LogP contribution in [0.25, 0.3) is 0 Å². The van der Waals surface area contributed by atoms with Crippen molar-refractivity contribution in [2.24, 2.45) is 5.92 Å². The molecule has 2 heterocycles. The van der Waals surface area contributed by atoms with Crippen LogP contribution in [0.1, 0.15) is 30.4 Å². The number of aldehydes is 1. The number of rotatable bonds is 5. The van der Waals surface area contributed by atoms with E-state index in [1.165, 1.54) is 11.1 Å². The first-order chi connectivity index (χ1) is 15.3. The van der Waals surface area contributed by atoms with Crippen molar-refractivity contribution >= 4 is 12.1 Å². The van der Waals surface area contributed by atoms with Crippen LogP contribution < -0.4 is 9.47 Å². The molecular formula is C23H31NO8. The lowest BCUT2D eigenvalue weighted by atomic mass is 9.52. The number of nitrogens with zero attached hydrogens (tertiary/aromatic N) is 1. The Morgan fingerprint density at radius 2 is 2.09 bits per heavy atom. The van der Waals surface area contributed by atoms with E-state index in [1.54, 1.807) is 7.11 Å². The third-order valence-corrected chi connectivity index (χ3v) is 7.66. The van der Waals surface area contributed by atoms with Gasteiger partial charge in [0, 0.05) is 23.4 Å². The summed E-state index contributed by atoms with van der Waals surface area (Å²) in [6.45, 7) is 0.358. The summed E-state index contributed by atoms with van der Waals surface area (Å²) in [5.41, 5.74) is 2.57. The molecule has 4 N–H and O–H groups in total. The van der Waals surface area contributed by atoms with Crippen LogP contribution in [0.2, 0.25) is 0 Å². The maximum absolute atomic E-state index is 12.6.